The van der Waals surface area contributed by atoms with Crippen LogP contribution in [0, 0.1) is 12.7 Å². The molecule has 1 aromatic carbocycles. The van der Waals surface area contributed by atoms with Gasteiger partial charge in [0.25, 0.3) is 0 Å². The molecule has 0 aliphatic heterocycles. The van der Waals surface area contributed by atoms with E-state index in [4.69, 9.17) is 10.0 Å². The van der Waals surface area contributed by atoms with E-state index in [0.29, 0.717) is 0 Å². The zero-order valence-corrected chi connectivity index (χ0v) is 9.55. The Labute approximate surface area is 93.1 Å². The Morgan fingerprint density at radius 3 is 2.38 bits per heavy atom. The second-order valence-corrected chi connectivity index (χ2v) is 5.08. The lowest BCUT2D eigenvalue weighted by Gasteiger charge is -2.09. The van der Waals surface area contributed by atoms with Crippen molar-refractivity contribution >= 4 is 22.6 Å². The fourth-order valence-electron chi connectivity index (χ4n) is 1.27. The van der Waals surface area contributed by atoms with Crippen molar-refractivity contribution in [1.29, 1.82) is 0 Å². The molecular formula is C8H11BFNO4S. The molecule has 0 amide bonds. The van der Waals surface area contributed by atoms with Crippen LogP contribution in [-0.4, -0.2) is 32.6 Å². The first kappa shape index (κ1) is 13.1. The van der Waals surface area contributed by atoms with E-state index in [9.17, 15) is 12.8 Å². The molecule has 16 heavy (non-hydrogen) atoms. The summed E-state index contributed by atoms with van der Waals surface area (Å²) < 4.78 is 38.3. The van der Waals surface area contributed by atoms with Crippen LogP contribution in [0.1, 0.15) is 5.56 Å². The Bertz CT molecular complexity index is 503. The summed E-state index contributed by atoms with van der Waals surface area (Å²) >= 11 is 0. The minimum absolute atomic E-state index is 0.181. The van der Waals surface area contributed by atoms with Crippen LogP contribution in [-0.2, 0) is 10.0 Å². The first-order valence-electron chi connectivity index (χ1n) is 4.39. The van der Waals surface area contributed by atoms with E-state index in [1.807, 2.05) is 0 Å². The molecule has 3 N–H and O–H groups in total. The first-order valence-corrected chi connectivity index (χ1v) is 5.87. The summed E-state index contributed by atoms with van der Waals surface area (Å²) in [6.07, 6.45) is 0. The third-order valence-corrected chi connectivity index (χ3v) is 3.69. The molecule has 0 fully saturated rings. The zero-order chi connectivity index (χ0) is 12.5. The number of aryl methyl sites for hydroxylation is 1. The van der Waals surface area contributed by atoms with Crippen LogP contribution in [0.3, 0.4) is 0 Å². The molecule has 0 bridgehead atoms. The van der Waals surface area contributed by atoms with Crippen molar-refractivity contribution in [3.05, 3.63) is 23.5 Å². The summed E-state index contributed by atoms with van der Waals surface area (Å²) in [5, 5.41) is 17.7. The van der Waals surface area contributed by atoms with E-state index < -0.39 is 28.4 Å². The van der Waals surface area contributed by atoms with Gasteiger partial charge < -0.3 is 10.0 Å². The molecule has 0 unspecified atom stereocenters. The minimum Gasteiger partial charge on any atom is -0.423 e. The SMILES string of the molecule is CNS(=O)(=O)c1cc(B(O)O)c(F)cc1C. The van der Waals surface area contributed by atoms with E-state index in [-0.39, 0.29) is 10.5 Å². The molecule has 0 saturated carbocycles. The van der Waals surface area contributed by atoms with Gasteiger partial charge in [-0.05, 0) is 31.7 Å². The predicted octanol–water partition coefficient (Wildman–Crippen LogP) is -1.28. The molecule has 1 rings (SSSR count). The molecular weight excluding hydrogens is 236 g/mol. The molecule has 0 atom stereocenters. The lowest BCUT2D eigenvalue weighted by atomic mass is 9.79. The highest BCUT2D eigenvalue weighted by molar-refractivity contribution is 7.89. The average Bonchev–Trinajstić information content (AvgIpc) is 2.16. The number of rotatable bonds is 3. The van der Waals surface area contributed by atoms with Crippen molar-refractivity contribution in [3.8, 4) is 0 Å². The van der Waals surface area contributed by atoms with Crippen LogP contribution in [0.15, 0.2) is 17.0 Å². The van der Waals surface area contributed by atoms with Gasteiger partial charge in [-0.2, -0.15) is 0 Å². The highest BCUT2D eigenvalue weighted by atomic mass is 32.2. The molecule has 88 valence electrons. The summed E-state index contributed by atoms with van der Waals surface area (Å²) in [6.45, 7) is 1.42. The predicted molar refractivity (Wildman–Crippen MR) is 57.2 cm³/mol. The third kappa shape index (κ3) is 2.41. The molecule has 1 aromatic rings. The Morgan fingerprint density at radius 1 is 1.38 bits per heavy atom. The van der Waals surface area contributed by atoms with Gasteiger partial charge in [0.2, 0.25) is 10.0 Å². The number of hydrogen-bond donors (Lipinski definition) is 3. The normalized spacial score (nSPS) is 11.6. The Kier molecular flexibility index (Phi) is 3.69. The van der Waals surface area contributed by atoms with Crippen molar-refractivity contribution < 1.29 is 22.9 Å². The standard InChI is InChI=1S/C8H11BFNO4S/c1-5-3-7(10)6(9(12)13)4-8(5)16(14,15)11-2/h3-4,11-13H,1-2H3. The fraction of sp³-hybridized carbons (Fsp3) is 0.250. The molecule has 0 aromatic heterocycles. The lowest BCUT2D eigenvalue weighted by molar-refractivity contribution is 0.423. The molecule has 0 aliphatic carbocycles. The van der Waals surface area contributed by atoms with Crippen molar-refractivity contribution in [2.75, 3.05) is 7.05 Å². The van der Waals surface area contributed by atoms with Gasteiger partial charge in [-0.15, -0.1) is 0 Å². The Morgan fingerprint density at radius 2 is 1.94 bits per heavy atom. The topological polar surface area (TPSA) is 86.6 Å². The molecule has 0 heterocycles. The highest BCUT2D eigenvalue weighted by Gasteiger charge is 2.23. The maximum Gasteiger partial charge on any atom is 0.491 e. The summed E-state index contributed by atoms with van der Waals surface area (Å²) in [7, 11) is -4.57. The smallest absolute Gasteiger partial charge is 0.423 e. The van der Waals surface area contributed by atoms with Gasteiger partial charge in [0.15, 0.2) is 0 Å². The van der Waals surface area contributed by atoms with Crippen LogP contribution in [0.4, 0.5) is 4.39 Å². The molecule has 0 aliphatic rings. The second kappa shape index (κ2) is 4.50. The maximum absolute atomic E-state index is 13.2. The highest BCUT2D eigenvalue weighted by Crippen LogP contribution is 2.14. The first-order chi connectivity index (χ1) is 7.29. The average molecular weight is 247 g/mol. The van der Waals surface area contributed by atoms with E-state index >= 15 is 0 Å². The Balaban J connectivity index is 3.48. The molecule has 5 nitrogen and oxygen atoms in total. The fourth-order valence-corrected chi connectivity index (χ4v) is 2.25. The van der Waals surface area contributed by atoms with Crippen molar-refractivity contribution in [2.24, 2.45) is 0 Å². The molecule has 0 radical (unpaired) electrons. The minimum atomic E-state index is -3.74. The second-order valence-electron chi connectivity index (χ2n) is 3.22. The quantitative estimate of drug-likeness (QED) is 0.581. The number of halogens is 1. The summed E-state index contributed by atoms with van der Waals surface area (Å²) in [5.74, 6) is -0.859. The van der Waals surface area contributed by atoms with Gasteiger partial charge in [0.1, 0.15) is 5.82 Å². The van der Waals surface area contributed by atoms with Gasteiger partial charge >= 0.3 is 7.12 Å². The van der Waals surface area contributed by atoms with Gasteiger partial charge in [-0.3, -0.25) is 0 Å². The van der Waals surface area contributed by atoms with Crippen molar-refractivity contribution in [3.63, 3.8) is 0 Å². The maximum atomic E-state index is 13.2. The van der Waals surface area contributed by atoms with Gasteiger partial charge in [0.05, 0.1) is 4.90 Å². The van der Waals surface area contributed by atoms with E-state index in [2.05, 4.69) is 4.72 Å². The lowest BCUT2D eigenvalue weighted by Crippen LogP contribution is -2.34. The van der Waals surface area contributed by atoms with Crippen LogP contribution >= 0.6 is 0 Å². The van der Waals surface area contributed by atoms with Crippen LogP contribution in [0.25, 0.3) is 0 Å². The van der Waals surface area contributed by atoms with Gasteiger partial charge in [-0.1, -0.05) is 0 Å². The van der Waals surface area contributed by atoms with Crippen molar-refractivity contribution in [2.45, 2.75) is 11.8 Å². The monoisotopic (exact) mass is 247 g/mol. The number of benzene rings is 1. The van der Waals surface area contributed by atoms with Crippen LogP contribution in [0.2, 0.25) is 0 Å². The van der Waals surface area contributed by atoms with E-state index in [1.54, 1.807) is 0 Å². The van der Waals surface area contributed by atoms with Crippen LogP contribution < -0.4 is 10.2 Å². The van der Waals surface area contributed by atoms with Crippen LogP contribution in [0.5, 0.6) is 0 Å². The van der Waals surface area contributed by atoms with Crippen molar-refractivity contribution in [1.82, 2.24) is 4.72 Å². The summed E-state index contributed by atoms with van der Waals surface area (Å²) in [4.78, 5) is -0.181. The number of sulfonamides is 1. The third-order valence-electron chi connectivity index (χ3n) is 2.13. The Hall–Kier alpha value is -0.955. The molecule has 8 heteroatoms. The molecule has 0 spiro atoms. The number of hydrogen-bond acceptors (Lipinski definition) is 4. The zero-order valence-electron chi connectivity index (χ0n) is 8.73. The van der Waals surface area contributed by atoms with Gasteiger partial charge in [0, 0.05) is 5.46 Å². The van der Waals surface area contributed by atoms with E-state index in [1.165, 1.54) is 14.0 Å². The summed E-state index contributed by atoms with van der Waals surface area (Å²) in [6, 6.07) is 1.85. The molecule has 0 saturated heterocycles. The largest absolute Gasteiger partial charge is 0.491 e. The number of nitrogens with one attached hydrogen (secondary N) is 1. The van der Waals surface area contributed by atoms with E-state index in [0.717, 1.165) is 12.1 Å². The van der Waals surface area contributed by atoms with Gasteiger partial charge in [-0.25, -0.2) is 17.5 Å². The summed E-state index contributed by atoms with van der Waals surface area (Å²) in [5.41, 5.74) is -0.282.